The van der Waals surface area contributed by atoms with Gasteiger partial charge in [0.05, 0.1) is 29.4 Å². The van der Waals surface area contributed by atoms with Crippen LogP contribution in [0, 0.1) is 5.92 Å². The molecule has 7 nitrogen and oxygen atoms in total. The predicted octanol–water partition coefficient (Wildman–Crippen LogP) is 2.96. The summed E-state index contributed by atoms with van der Waals surface area (Å²) >= 11 is 6.24. The summed E-state index contributed by atoms with van der Waals surface area (Å²) in [6, 6.07) is 4.84. The maximum absolute atomic E-state index is 12.8. The zero-order valence-corrected chi connectivity index (χ0v) is 17.4. The molecule has 8 heteroatoms. The van der Waals surface area contributed by atoms with Crippen molar-refractivity contribution in [2.75, 3.05) is 13.7 Å². The normalized spacial score (nSPS) is 16.4. The number of halogens is 1. The number of nitrogens with one attached hydrogen (secondary N) is 1. The molecule has 1 heterocycles. The summed E-state index contributed by atoms with van der Waals surface area (Å²) in [6.07, 6.45) is 8.69. The van der Waals surface area contributed by atoms with E-state index in [1.165, 1.54) is 22.0 Å². The van der Waals surface area contributed by atoms with Gasteiger partial charge in [-0.15, -0.1) is 0 Å². The largest absolute Gasteiger partial charge is 0.383 e. The zero-order valence-electron chi connectivity index (χ0n) is 16.6. The van der Waals surface area contributed by atoms with Crippen LogP contribution in [-0.4, -0.2) is 40.1 Å². The molecule has 1 aliphatic carbocycles. The van der Waals surface area contributed by atoms with Crippen LogP contribution in [0.25, 0.3) is 5.69 Å². The smallest absolute Gasteiger partial charge is 0.332 e. The highest BCUT2D eigenvalue weighted by Crippen LogP contribution is 2.25. The van der Waals surface area contributed by atoms with E-state index in [1.54, 1.807) is 37.7 Å². The number of rotatable bonds is 7. The van der Waals surface area contributed by atoms with Crippen LogP contribution in [0.5, 0.6) is 0 Å². The Morgan fingerprint density at radius 1 is 1.28 bits per heavy atom. The van der Waals surface area contributed by atoms with Crippen LogP contribution in [0.3, 0.4) is 0 Å². The third-order valence-corrected chi connectivity index (χ3v) is 5.81. The Hall–Kier alpha value is -2.09. The second-order valence-corrected chi connectivity index (χ2v) is 7.88. The zero-order chi connectivity index (χ0) is 20.8. The number of benzene rings is 1. The molecule has 1 atom stereocenters. The minimum atomic E-state index is -0.904. The molecule has 1 amide bonds. The van der Waals surface area contributed by atoms with Crippen molar-refractivity contribution in [3.63, 3.8) is 0 Å². The molecule has 0 spiro atoms. The third kappa shape index (κ3) is 5.29. The lowest BCUT2D eigenvalue weighted by molar-refractivity contribution is 0.0532. The lowest BCUT2D eigenvalue weighted by Crippen LogP contribution is -2.40. The van der Waals surface area contributed by atoms with Gasteiger partial charge in [0.25, 0.3) is 5.91 Å². The first kappa shape index (κ1) is 21.6. The average molecular weight is 422 g/mol. The summed E-state index contributed by atoms with van der Waals surface area (Å²) in [5.41, 5.74) is 0.535. The van der Waals surface area contributed by atoms with Gasteiger partial charge in [0.15, 0.2) is 0 Å². The molecule has 29 heavy (non-hydrogen) atoms. The number of ether oxygens (including phenoxy) is 1. The van der Waals surface area contributed by atoms with Gasteiger partial charge in [-0.1, -0.05) is 37.3 Å². The van der Waals surface area contributed by atoms with E-state index < -0.39 is 12.1 Å². The number of aromatic nitrogens is 2. The van der Waals surface area contributed by atoms with E-state index in [-0.39, 0.29) is 22.2 Å². The number of aliphatic hydroxyl groups excluding tert-OH is 1. The first-order valence-electron chi connectivity index (χ1n) is 10.1. The minimum absolute atomic E-state index is 0.0563. The van der Waals surface area contributed by atoms with Crippen molar-refractivity contribution in [3.05, 3.63) is 51.7 Å². The van der Waals surface area contributed by atoms with Crippen molar-refractivity contribution in [1.82, 2.24) is 14.5 Å². The van der Waals surface area contributed by atoms with Crippen LogP contribution in [0.2, 0.25) is 5.02 Å². The predicted molar refractivity (Wildman–Crippen MR) is 112 cm³/mol. The molecule has 3 rings (SSSR count). The highest BCUT2D eigenvalue weighted by Gasteiger charge is 2.23. The number of aliphatic hydroxyl groups is 1. The number of nitrogens with zero attached hydrogens (tertiary/aromatic N) is 2. The number of carbonyl (C=O) groups is 1. The van der Waals surface area contributed by atoms with E-state index >= 15 is 0 Å². The molecule has 2 aromatic rings. The Morgan fingerprint density at radius 3 is 2.69 bits per heavy atom. The topological polar surface area (TPSA) is 85.5 Å². The van der Waals surface area contributed by atoms with E-state index in [2.05, 4.69) is 5.32 Å². The van der Waals surface area contributed by atoms with Crippen molar-refractivity contribution in [2.24, 2.45) is 5.92 Å². The fourth-order valence-corrected chi connectivity index (χ4v) is 3.97. The van der Waals surface area contributed by atoms with Crippen LogP contribution < -0.4 is 11.0 Å². The van der Waals surface area contributed by atoms with E-state index in [9.17, 15) is 14.7 Å². The van der Waals surface area contributed by atoms with Crippen molar-refractivity contribution in [3.8, 4) is 5.69 Å². The summed E-state index contributed by atoms with van der Waals surface area (Å²) in [5, 5.41) is 13.4. The Bertz CT molecular complexity index is 884. The molecule has 158 valence electrons. The standard InChI is InChI=1S/C21H28ClN3O4/c1-29-13-12-24-10-11-25(21(24)28)16-8-9-18(22)17(14-16)20(27)23-19(26)15-6-4-2-3-5-7-15/h8-11,14-15,19,26H,2-7,12-13H2,1H3,(H,23,27). The second-order valence-electron chi connectivity index (χ2n) is 7.47. The minimum Gasteiger partial charge on any atom is -0.383 e. The quantitative estimate of drug-likeness (QED) is 0.531. The van der Waals surface area contributed by atoms with Gasteiger partial charge >= 0.3 is 5.69 Å². The molecular weight excluding hydrogens is 394 g/mol. The summed E-state index contributed by atoms with van der Waals surface area (Å²) in [4.78, 5) is 25.3. The number of amides is 1. The molecular formula is C21H28ClN3O4. The maximum Gasteiger partial charge on any atom is 0.332 e. The SMILES string of the molecule is COCCn1ccn(-c2ccc(Cl)c(C(=O)NC(O)C3CCCCCC3)c2)c1=O. The van der Waals surface area contributed by atoms with Crippen LogP contribution >= 0.6 is 11.6 Å². The number of carbonyl (C=O) groups excluding carboxylic acids is 1. The second kappa shape index (κ2) is 10.1. The first-order chi connectivity index (χ1) is 14.0. The third-order valence-electron chi connectivity index (χ3n) is 5.48. The maximum atomic E-state index is 12.8. The Balaban J connectivity index is 1.77. The summed E-state index contributed by atoms with van der Waals surface area (Å²) in [7, 11) is 1.58. The van der Waals surface area contributed by atoms with Gasteiger partial charge in [-0.3, -0.25) is 13.9 Å². The van der Waals surface area contributed by atoms with Crippen molar-refractivity contribution >= 4 is 17.5 Å². The van der Waals surface area contributed by atoms with Crippen LogP contribution in [0.15, 0.2) is 35.4 Å². The van der Waals surface area contributed by atoms with Gasteiger partial charge in [-0.05, 0) is 31.0 Å². The number of hydrogen-bond acceptors (Lipinski definition) is 4. The molecule has 1 aromatic carbocycles. The molecule has 1 aromatic heterocycles. The average Bonchev–Trinajstić information content (AvgIpc) is 2.91. The molecule has 0 aliphatic heterocycles. The van der Waals surface area contributed by atoms with Gasteiger partial charge < -0.3 is 15.2 Å². The van der Waals surface area contributed by atoms with Gasteiger partial charge in [0, 0.05) is 25.4 Å². The van der Waals surface area contributed by atoms with Gasteiger partial charge in [0.1, 0.15) is 6.23 Å². The van der Waals surface area contributed by atoms with Crippen molar-refractivity contribution < 1.29 is 14.6 Å². The molecule has 1 fully saturated rings. The highest BCUT2D eigenvalue weighted by atomic mass is 35.5. The lowest BCUT2D eigenvalue weighted by Gasteiger charge is -2.22. The lowest BCUT2D eigenvalue weighted by atomic mass is 9.98. The highest BCUT2D eigenvalue weighted by molar-refractivity contribution is 6.33. The van der Waals surface area contributed by atoms with Gasteiger partial charge in [0.2, 0.25) is 0 Å². The van der Waals surface area contributed by atoms with Gasteiger partial charge in [-0.2, -0.15) is 0 Å². The van der Waals surface area contributed by atoms with Crippen LogP contribution in [-0.2, 0) is 11.3 Å². The van der Waals surface area contributed by atoms with E-state index in [0.717, 1.165) is 25.7 Å². The molecule has 1 aliphatic rings. The van der Waals surface area contributed by atoms with Crippen molar-refractivity contribution in [1.29, 1.82) is 0 Å². The molecule has 2 N–H and O–H groups in total. The number of methoxy groups -OCH3 is 1. The summed E-state index contributed by atoms with van der Waals surface area (Å²) in [5.74, 6) is -0.388. The van der Waals surface area contributed by atoms with Crippen LogP contribution in [0.4, 0.5) is 0 Å². The van der Waals surface area contributed by atoms with Crippen LogP contribution in [0.1, 0.15) is 48.9 Å². The summed E-state index contributed by atoms with van der Waals surface area (Å²) < 4.78 is 8.00. The van der Waals surface area contributed by atoms with E-state index in [0.29, 0.717) is 18.8 Å². The first-order valence-corrected chi connectivity index (χ1v) is 10.4. The monoisotopic (exact) mass is 421 g/mol. The molecule has 1 saturated carbocycles. The summed E-state index contributed by atoms with van der Waals surface area (Å²) in [6.45, 7) is 0.869. The molecule has 0 radical (unpaired) electrons. The Labute approximate surface area is 175 Å². The number of hydrogen-bond donors (Lipinski definition) is 2. The van der Waals surface area contributed by atoms with E-state index in [1.807, 2.05) is 0 Å². The number of imidazole rings is 1. The Kier molecular flexibility index (Phi) is 7.52. The Morgan fingerprint density at radius 2 is 2.00 bits per heavy atom. The molecule has 1 unspecified atom stereocenters. The van der Waals surface area contributed by atoms with Crippen molar-refractivity contribution in [2.45, 2.75) is 51.3 Å². The van der Waals surface area contributed by atoms with Gasteiger partial charge in [-0.25, -0.2) is 4.79 Å². The fourth-order valence-electron chi connectivity index (χ4n) is 3.76. The molecule has 0 bridgehead atoms. The van der Waals surface area contributed by atoms with E-state index in [4.69, 9.17) is 16.3 Å². The molecule has 0 saturated heterocycles. The fraction of sp³-hybridized carbons (Fsp3) is 0.524.